The van der Waals surface area contributed by atoms with Gasteiger partial charge in [0.05, 0.1) is 11.1 Å². The monoisotopic (exact) mass is 388 g/mol. The minimum Gasteiger partial charge on any atom is -0.478 e. The molecule has 0 saturated heterocycles. The van der Waals surface area contributed by atoms with Gasteiger partial charge in [-0.2, -0.15) is 0 Å². The first kappa shape index (κ1) is 18.6. The molecule has 0 bridgehead atoms. The summed E-state index contributed by atoms with van der Waals surface area (Å²) in [6.07, 6.45) is 0. The summed E-state index contributed by atoms with van der Waals surface area (Å²) in [7, 11) is 0. The van der Waals surface area contributed by atoms with Crippen molar-refractivity contribution in [1.82, 2.24) is 0 Å². The van der Waals surface area contributed by atoms with Crippen LogP contribution in [0.3, 0.4) is 0 Å². The van der Waals surface area contributed by atoms with Crippen molar-refractivity contribution in [3.8, 4) is 35.5 Å². The molecule has 0 aromatic heterocycles. The molecule has 1 aliphatic carbocycles. The van der Waals surface area contributed by atoms with Gasteiger partial charge in [0, 0.05) is 33.4 Å². The van der Waals surface area contributed by atoms with Gasteiger partial charge >= 0.3 is 11.9 Å². The van der Waals surface area contributed by atoms with E-state index in [-0.39, 0.29) is 11.1 Å². The molecule has 140 valence electrons. The molecule has 4 heteroatoms. The predicted molar refractivity (Wildman–Crippen MR) is 111 cm³/mol. The summed E-state index contributed by atoms with van der Waals surface area (Å²) in [6.45, 7) is 0. The number of aromatic carboxylic acids is 2. The summed E-state index contributed by atoms with van der Waals surface area (Å²) in [5, 5.41) is 18.9. The Kier molecular flexibility index (Phi) is 4.80. The summed E-state index contributed by atoms with van der Waals surface area (Å²) in [5.74, 6) is 15.5. The van der Waals surface area contributed by atoms with E-state index in [0.717, 1.165) is 11.1 Å². The zero-order valence-corrected chi connectivity index (χ0v) is 15.5. The van der Waals surface area contributed by atoms with Crippen LogP contribution in [0.1, 0.15) is 54.1 Å². The van der Waals surface area contributed by atoms with Gasteiger partial charge in [0.2, 0.25) is 0 Å². The van der Waals surface area contributed by atoms with Gasteiger partial charge in [-0.1, -0.05) is 59.8 Å². The molecular formula is C26H12O4. The first-order chi connectivity index (χ1) is 14.5. The third kappa shape index (κ3) is 3.65. The highest BCUT2D eigenvalue weighted by Gasteiger charge is 2.18. The van der Waals surface area contributed by atoms with Crippen LogP contribution in [0.2, 0.25) is 0 Å². The minimum absolute atomic E-state index is 0.335. The lowest BCUT2D eigenvalue weighted by molar-refractivity contribution is 0.0651. The molecule has 0 heterocycles. The molecule has 0 amide bonds. The number of carbonyl (C=O) groups is 2. The molecule has 3 aromatic rings. The van der Waals surface area contributed by atoms with Crippen molar-refractivity contribution in [2.45, 2.75) is 0 Å². The summed E-state index contributed by atoms with van der Waals surface area (Å²) in [4.78, 5) is 23.2. The maximum atomic E-state index is 11.6. The molecule has 0 fully saturated rings. The van der Waals surface area contributed by atoms with Crippen molar-refractivity contribution in [2.24, 2.45) is 0 Å². The van der Waals surface area contributed by atoms with E-state index in [1.807, 2.05) is 48.5 Å². The Morgan fingerprint density at radius 1 is 0.500 bits per heavy atom. The van der Waals surface area contributed by atoms with Gasteiger partial charge in [-0.25, -0.2) is 9.59 Å². The molecule has 3 aromatic carbocycles. The van der Waals surface area contributed by atoms with Crippen LogP contribution in [0.5, 0.6) is 0 Å². The number of carboxylic acids is 2. The zero-order chi connectivity index (χ0) is 21.1. The third-order valence-corrected chi connectivity index (χ3v) is 4.47. The Balaban J connectivity index is 2.06. The van der Waals surface area contributed by atoms with Gasteiger partial charge in [0.1, 0.15) is 0 Å². The Hall–Kier alpha value is -4.72. The standard InChI is InChI=1S/C26H12O4/c27-25(28)23-15-21-13-11-19-7-3-1-5-17(19)9-10-18-6-2-4-8-20(18)12-14-22(21)16-24(23)26(29)30/h1-8,15-16H,(H,27,28)(H,29,30). The first-order valence-corrected chi connectivity index (χ1v) is 8.91. The molecule has 4 rings (SSSR count). The molecule has 30 heavy (non-hydrogen) atoms. The largest absolute Gasteiger partial charge is 0.478 e. The maximum absolute atomic E-state index is 11.6. The summed E-state index contributed by atoms with van der Waals surface area (Å²) in [6, 6.07) is 17.3. The summed E-state index contributed by atoms with van der Waals surface area (Å²) >= 11 is 0. The van der Waals surface area contributed by atoms with Gasteiger partial charge in [-0.05, 0) is 36.4 Å². The molecule has 4 nitrogen and oxygen atoms in total. The van der Waals surface area contributed by atoms with Crippen molar-refractivity contribution in [3.63, 3.8) is 0 Å². The lowest BCUT2D eigenvalue weighted by atomic mass is 9.97. The second-order valence-electron chi connectivity index (χ2n) is 6.39. The second-order valence-corrected chi connectivity index (χ2v) is 6.39. The van der Waals surface area contributed by atoms with Gasteiger partial charge in [-0.15, -0.1) is 0 Å². The van der Waals surface area contributed by atoms with E-state index in [4.69, 9.17) is 0 Å². The maximum Gasteiger partial charge on any atom is 0.336 e. The summed E-state index contributed by atoms with van der Waals surface area (Å²) in [5.41, 5.74) is 2.83. The van der Waals surface area contributed by atoms with Crippen LogP contribution in [0, 0.1) is 35.5 Å². The fourth-order valence-corrected chi connectivity index (χ4v) is 2.97. The van der Waals surface area contributed by atoms with Crippen molar-refractivity contribution >= 4 is 11.9 Å². The van der Waals surface area contributed by atoms with E-state index < -0.39 is 11.9 Å². The second kappa shape index (κ2) is 7.72. The molecule has 2 N–H and O–H groups in total. The topological polar surface area (TPSA) is 74.6 Å². The third-order valence-electron chi connectivity index (χ3n) is 4.47. The number of hydrogen-bond donors (Lipinski definition) is 2. The molecule has 0 atom stereocenters. The number of fused-ring (bicyclic) bond motifs is 3. The molecule has 1 aliphatic rings. The van der Waals surface area contributed by atoms with Crippen molar-refractivity contribution < 1.29 is 19.8 Å². The van der Waals surface area contributed by atoms with Crippen molar-refractivity contribution in [2.75, 3.05) is 0 Å². The highest BCUT2D eigenvalue weighted by Crippen LogP contribution is 2.18. The van der Waals surface area contributed by atoms with Gasteiger partial charge in [-0.3, -0.25) is 0 Å². The van der Waals surface area contributed by atoms with Crippen LogP contribution < -0.4 is 0 Å². The molecule has 0 spiro atoms. The highest BCUT2D eigenvalue weighted by molar-refractivity contribution is 6.02. The van der Waals surface area contributed by atoms with Crippen LogP contribution in [-0.4, -0.2) is 22.2 Å². The van der Waals surface area contributed by atoms with Crippen LogP contribution >= 0.6 is 0 Å². The van der Waals surface area contributed by atoms with E-state index in [2.05, 4.69) is 35.5 Å². The average Bonchev–Trinajstić information content (AvgIpc) is 2.74. The van der Waals surface area contributed by atoms with Crippen LogP contribution in [0.4, 0.5) is 0 Å². The number of hydrogen-bond acceptors (Lipinski definition) is 2. The smallest absolute Gasteiger partial charge is 0.336 e. The Morgan fingerprint density at radius 3 is 1.03 bits per heavy atom. The molecule has 0 radical (unpaired) electrons. The molecule has 0 unspecified atom stereocenters. The number of benzene rings is 3. The summed E-state index contributed by atoms with van der Waals surface area (Å²) < 4.78 is 0. The van der Waals surface area contributed by atoms with Crippen molar-refractivity contribution in [3.05, 3.63) is 105 Å². The molecule has 0 saturated carbocycles. The van der Waals surface area contributed by atoms with Crippen LogP contribution in [-0.2, 0) is 0 Å². The van der Waals surface area contributed by atoms with E-state index in [1.165, 1.54) is 12.1 Å². The Bertz CT molecular complexity index is 1300. The fourth-order valence-electron chi connectivity index (χ4n) is 2.97. The fraction of sp³-hybridized carbons (Fsp3) is 0. The quantitative estimate of drug-likeness (QED) is 0.515. The minimum atomic E-state index is -1.34. The Labute approximate surface area is 172 Å². The van der Waals surface area contributed by atoms with Crippen LogP contribution in [0.15, 0.2) is 60.7 Å². The number of carboxylic acid groups (broad SMARTS) is 2. The van der Waals surface area contributed by atoms with E-state index in [1.54, 1.807) is 0 Å². The molecular weight excluding hydrogens is 376 g/mol. The average molecular weight is 388 g/mol. The SMILES string of the molecule is O=C(O)c1cc2c(cc1C(=O)O)C#Cc1ccccc1C#Cc1ccccc1C#C2. The van der Waals surface area contributed by atoms with E-state index >= 15 is 0 Å². The highest BCUT2D eigenvalue weighted by atomic mass is 16.4. The number of rotatable bonds is 2. The van der Waals surface area contributed by atoms with E-state index in [0.29, 0.717) is 22.3 Å². The predicted octanol–water partition coefficient (Wildman–Crippen LogP) is 3.60. The lowest BCUT2D eigenvalue weighted by Gasteiger charge is -2.06. The van der Waals surface area contributed by atoms with E-state index in [9.17, 15) is 19.8 Å². The van der Waals surface area contributed by atoms with Gasteiger partial charge in [0.15, 0.2) is 0 Å². The Morgan fingerprint density at radius 2 is 0.767 bits per heavy atom. The van der Waals surface area contributed by atoms with Crippen molar-refractivity contribution in [1.29, 1.82) is 0 Å². The normalized spacial score (nSPS) is 10.5. The zero-order valence-electron chi connectivity index (χ0n) is 15.5. The van der Waals surface area contributed by atoms with Crippen LogP contribution in [0.25, 0.3) is 0 Å². The molecule has 0 aliphatic heterocycles. The van der Waals surface area contributed by atoms with Gasteiger partial charge < -0.3 is 10.2 Å². The first-order valence-electron chi connectivity index (χ1n) is 8.91. The van der Waals surface area contributed by atoms with Gasteiger partial charge in [0.25, 0.3) is 0 Å². The lowest BCUT2D eigenvalue weighted by Crippen LogP contribution is -2.09.